The van der Waals surface area contributed by atoms with E-state index in [1.54, 1.807) is 13.0 Å². The fourth-order valence-electron chi connectivity index (χ4n) is 1.00. The van der Waals surface area contributed by atoms with Crippen LogP contribution >= 0.6 is 0 Å². The first-order valence-corrected chi connectivity index (χ1v) is 4.37. The highest BCUT2D eigenvalue weighted by Crippen LogP contribution is 2.23. The van der Waals surface area contributed by atoms with Gasteiger partial charge in [-0.15, -0.1) is 0 Å². The first kappa shape index (κ1) is 11.4. The van der Waals surface area contributed by atoms with Crippen molar-refractivity contribution >= 4 is 6.29 Å². The molecule has 0 spiro atoms. The van der Waals surface area contributed by atoms with Gasteiger partial charge in [0.25, 0.3) is 0 Å². The maximum Gasteiger partial charge on any atom is 0.142 e. The van der Waals surface area contributed by atoms with E-state index in [9.17, 15) is 9.90 Å². The van der Waals surface area contributed by atoms with E-state index in [2.05, 4.69) is 0 Å². The van der Waals surface area contributed by atoms with E-state index in [4.69, 9.17) is 0 Å². The summed E-state index contributed by atoms with van der Waals surface area (Å²) in [5.41, 5.74) is -0.686. The molecule has 70 valence electrons. The van der Waals surface area contributed by atoms with Crippen LogP contribution in [0.4, 0.5) is 0 Å². The molecule has 0 amide bonds. The van der Waals surface area contributed by atoms with Crippen LogP contribution in [0.25, 0.3) is 0 Å². The molecule has 0 saturated heterocycles. The summed E-state index contributed by atoms with van der Waals surface area (Å²) in [5, 5.41) is 9.84. The molecule has 0 fully saturated rings. The lowest BCUT2D eigenvalue weighted by Crippen LogP contribution is -2.31. The molecule has 0 rings (SSSR count). The largest absolute Gasteiger partial charge is 0.390 e. The molecule has 0 aliphatic carbocycles. The number of rotatable bonds is 5. The van der Waals surface area contributed by atoms with Crippen molar-refractivity contribution < 1.29 is 9.90 Å². The third kappa shape index (κ3) is 3.67. The number of hydrogen-bond acceptors (Lipinski definition) is 2. The standard InChI is InChI=1S/C10H18O2/c1-4-9(2)10(3,12)7-5-6-8-11/h5-6,8-9,12H,4,7H2,1-3H3. The lowest BCUT2D eigenvalue weighted by atomic mass is 9.86. The van der Waals surface area contributed by atoms with Gasteiger partial charge in [-0.3, -0.25) is 4.79 Å². The van der Waals surface area contributed by atoms with Crippen LogP contribution < -0.4 is 0 Å². The minimum atomic E-state index is -0.686. The molecule has 0 aliphatic rings. The fourth-order valence-corrected chi connectivity index (χ4v) is 1.00. The number of carbonyl (C=O) groups is 1. The van der Waals surface area contributed by atoms with Gasteiger partial charge >= 0.3 is 0 Å². The average Bonchev–Trinajstić information content (AvgIpc) is 2.03. The zero-order valence-corrected chi connectivity index (χ0v) is 8.08. The average molecular weight is 170 g/mol. The van der Waals surface area contributed by atoms with Gasteiger partial charge in [0, 0.05) is 0 Å². The van der Waals surface area contributed by atoms with Gasteiger partial charge in [0.05, 0.1) is 5.60 Å². The maximum atomic E-state index is 9.96. The Balaban J connectivity index is 4.02. The Morgan fingerprint density at radius 3 is 2.58 bits per heavy atom. The minimum Gasteiger partial charge on any atom is -0.390 e. The third-order valence-electron chi connectivity index (χ3n) is 2.42. The van der Waals surface area contributed by atoms with Crippen LogP contribution in [0.2, 0.25) is 0 Å². The van der Waals surface area contributed by atoms with Crippen LogP contribution in [0.5, 0.6) is 0 Å². The summed E-state index contributed by atoms with van der Waals surface area (Å²) in [6.45, 7) is 5.85. The predicted molar refractivity (Wildman–Crippen MR) is 49.9 cm³/mol. The van der Waals surface area contributed by atoms with E-state index in [0.29, 0.717) is 6.42 Å². The Morgan fingerprint density at radius 1 is 1.58 bits per heavy atom. The summed E-state index contributed by atoms with van der Waals surface area (Å²) in [7, 11) is 0. The highest BCUT2D eigenvalue weighted by atomic mass is 16.3. The van der Waals surface area contributed by atoms with Crippen molar-refractivity contribution in [2.24, 2.45) is 5.92 Å². The number of hydrogen-bond donors (Lipinski definition) is 1. The Hall–Kier alpha value is -0.630. The molecule has 0 bridgehead atoms. The van der Waals surface area contributed by atoms with Crippen molar-refractivity contribution in [2.75, 3.05) is 0 Å². The Labute approximate surface area is 74.3 Å². The van der Waals surface area contributed by atoms with E-state index in [1.807, 2.05) is 13.8 Å². The second-order valence-electron chi connectivity index (χ2n) is 3.43. The molecule has 2 unspecified atom stereocenters. The topological polar surface area (TPSA) is 37.3 Å². The van der Waals surface area contributed by atoms with Gasteiger partial charge in [-0.1, -0.05) is 26.3 Å². The van der Waals surface area contributed by atoms with Crippen LogP contribution in [0.1, 0.15) is 33.6 Å². The van der Waals surface area contributed by atoms with Gasteiger partial charge in [0.1, 0.15) is 6.29 Å². The van der Waals surface area contributed by atoms with Crippen molar-refractivity contribution in [2.45, 2.75) is 39.2 Å². The quantitative estimate of drug-likeness (QED) is 0.505. The molecule has 0 saturated carbocycles. The monoisotopic (exact) mass is 170 g/mol. The Bertz CT molecular complexity index is 159. The molecule has 0 heterocycles. The van der Waals surface area contributed by atoms with Gasteiger partial charge in [-0.25, -0.2) is 0 Å². The smallest absolute Gasteiger partial charge is 0.142 e. The number of carbonyl (C=O) groups excluding carboxylic acids is 1. The summed E-state index contributed by atoms with van der Waals surface area (Å²) in [6.07, 6.45) is 5.35. The van der Waals surface area contributed by atoms with Crippen molar-refractivity contribution in [3.63, 3.8) is 0 Å². The molecule has 1 N–H and O–H groups in total. The molecule has 12 heavy (non-hydrogen) atoms. The second kappa shape index (κ2) is 5.09. The van der Waals surface area contributed by atoms with Gasteiger partial charge in [-0.2, -0.15) is 0 Å². The van der Waals surface area contributed by atoms with Gasteiger partial charge in [0.15, 0.2) is 0 Å². The lowest BCUT2D eigenvalue weighted by Gasteiger charge is -2.28. The van der Waals surface area contributed by atoms with Crippen LogP contribution in [-0.4, -0.2) is 17.0 Å². The van der Waals surface area contributed by atoms with Crippen LogP contribution in [0.3, 0.4) is 0 Å². The maximum absolute atomic E-state index is 9.96. The van der Waals surface area contributed by atoms with Gasteiger partial charge < -0.3 is 5.11 Å². The van der Waals surface area contributed by atoms with Crippen molar-refractivity contribution in [3.05, 3.63) is 12.2 Å². The minimum absolute atomic E-state index is 0.258. The normalized spacial score (nSPS) is 19.0. The Morgan fingerprint density at radius 2 is 2.17 bits per heavy atom. The van der Waals surface area contributed by atoms with E-state index in [1.165, 1.54) is 6.08 Å². The summed E-state index contributed by atoms with van der Waals surface area (Å²) in [6, 6.07) is 0. The molecule has 0 aromatic rings. The molecule has 2 heteroatoms. The SMILES string of the molecule is CCC(C)C(C)(O)CC=CC=O. The Kier molecular flexibility index (Phi) is 4.83. The van der Waals surface area contributed by atoms with E-state index >= 15 is 0 Å². The lowest BCUT2D eigenvalue weighted by molar-refractivity contribution is -0.104. The number of aliphatic hydroxyl groups is 1. The zero-order chi connectivity index (χ0) is 9.61. The molecule has 0 aliphatic heterocycles. The first-order chi connectivity index (χ1) is 5.54. The van der Waals surface area contributed by atoms with Crippen molar-refractivity contribution in [1.29, 1.82) is 0 Å². The molecule has 0 aromatic heterocycles. The van der Waals surface area contributed by atoms with E-state index in [0.717, 1.165) is 12.7 Å². The van der Waals surface area contributed by atoms with Gasteiger partial charge in [-0.05, 0) is 25.3 Å². The summed E-state index contributed by atoms with van der Waals surface area (Å²) in [5.74, 6) is 0.258. The fraction of sp³-hybridized carbons (Fsp3) is 0.700. The number of allylic oxidation sites excluding steroid dienone is 1. The highest BCUT2D eigenvalue weighted by Gasteiger charge is 2.24. The van der Waals surface area contributed by atoms with Crippen LogP contribution in [-0.2, 0) is 4.79 Å². The first-order valence-electron chi connectivity index (χ1n) is 4.37. The van der Waals surface area contributed by atoms with E-state index in [-0.39, 0.29) is 5.92 Å². The summed E-state index contributed by atoms with van der Waals surface area (Å²) >= 11 is 0. The summed E-state index contributed by atoms with van der Waals surface area (Å²) < 4.78 is 0. The predicted octanol–water partition coefficient (Wildman–Crippen LogP) is 1.93. The third-order valence-corrected chi connectivity index (χ3v) is 2.42. The van der Waals surface area contributed by atoms with Crippen molar-refractivity contribution in [1.82, 2.24) is 0 Å². The van der Waals surface area contributed by atoms with Crippen LogP contribution in [0.15, 0.2) is 12.2 Å². The van der Waals surface area contributed by atoms with E-state index < -0.39 is 5.60 Å². The summed E-state index contributed by atoms with van der Waals surface area (Å²) in [4.78, 5) is 9.96. The second-order valence-corrected chi connectivity index (χ2v) is 3.43. The molecule has 2 nitrogen and oxygen atoms in total. The molecule has 0 radical (unpaired) electrons. The molecule has 0 aromatic carbocycles. The molecule has 2 atom stereocenters. The molecular formula is C10H18O2. The zero-order valence-electron chi connectivity index (χ0n) is 8.08. The van der Waals surface area contributed by atoms with Crippen molar-refractivity contribution in [3.8, 4) is 0 Å². The van der Waals surface area contributed by atoms with Crippen LogP contribution in [0, 0.1) is 5.92 Å². The molecular weight excluding hydrogens is 152 g/mol. The van der Waals surface area contributed by atoms with Gasteiger partial charge in [0.2, 0.25) is 0 Å². The number of aldehydes is 1. The highest BCUT2D eigenvalue weighted by molar-refractivity contribution is 5.64.